The summed E-state index contributed by atoms with van der Waals surface area (Å²) in [5.41, 5.74) is 2.38. The number of benzene rings is 2. The van der Waals surface area contributed by atoms with Crippen molar-refractivity contribution in [1.82, 2.24) is 5.32 Å². The van der Waals surface area contributed by atoms with Gasteiger partial charge in [-0.1, -0.05) is 23.8 Å². The number of nitrogens with zero attached hydrogens (tertiary/aromatic N) is 1. The van der Waals surface area contributed by atoms with Gasteiger partial charge in [-0.15, -0.1) is 0 Å². The molecule has 0 fully saturated rings. The number of carbonyl (C=O) groups excluding carboxylic acids is 1. The SMILES string of the molecule is COc1ccc(C)cc1[C@H](C)N[C@@H](C)C(=O)Nc1cccc([N+](=O)[O-])c1. The average Bonchev–Trinajstić information content (AvgIpc) is 2.61. The fourth-order valence-electron chi connectivity index (χ4n) is 2.68. The molecular formula is C19H23N3O4. The van der Waals surface area contributed by atoms with E-state index in [9.17, 15) is 14.9 Å². The maximum absolute atomic E-state index is 12.4. The number of aryl methyl sites for hydroxylation is 1. The third-order valence-electron chi connectivity index (χ3n) is 4.07. The number of ether oxygens (including phenoxy) is 1. The van der Waals surface area contributed by atoms with Crippen LogP contribution in [0.1, 0.15) is 31.0 Å². The van der Waals surface area contributed by atoms with Crippen molar-refractivity contribution in [1.29, 1.82) is 0 Å². The van der Waals surface area contributed by atoms with Gasteiger partial charge in [-0.25, -0.2) is 0 Å². The van der Waals surface area contributed by atoms with E-state index in [2.05, 4.69) is 10.6 Å². The highest BCUT2D eigenvalue weighted by Crippen LogP contribution is 2.26. The standard InChI is InChI=1S/C19H23N3O4/c1-12-8-9-18(26-4)17(10-12)13(2)20-14(3)19(23)21-15-6-5-7-16(11-15)22(24)25/h5-11,13-14,20H,1-4H3,(H,21,23)/t13-,14-/m0/s1. The monoisotopic (exact) mass is 357 g/mol. The number of nitrogens with one attached hydrogen (secondary N) is 2. The lowest BCUT2D eigenvalue weighted by Crippen LogP contribution is -2.39. The predicted molar refractivity (Wildman–Crippen MR) is 100 cm³/mol. The number of methoxy groups -OCH3 is 1. The Balaban J connectivity index is 2.06. The fraction of sp³-hybridized carbons (Fsp3) is 0.316. The minimum absolute atomic E-state index is 0.0683. The highest BCUT2D eigenvalue weighted by molar-refractivity contribution is 5.94. The summed E-state index contributed by atoms with van der Waals surface area (Å²) in [6.45, 7) is 5.69. The van der Waals surface area contributed by atoms with E-state index in [4.69, 9.17) is 4.74 Å². The Hall–Kier alpha value is -2.93. The summed E-state index contributed by atoms with van der Waals surface area (Å²) >= 11 is 0. The second-order valence-electron chi connectivity index (χ2n) is 6.15. The van der Waals surface area contributed by atoms with Crippen molar-refractivity contribution in [3.63, 3.8) is 0 Å². The largest absolute Gasteiger partial charge is 0.496 e. The molecule has 0 aromatic heterocycles. The smallest absolute Gasteiger partial charge is 0.271 e. The molecule has 0 bridgehead atoms. The Morgan fingerprint density at radius 3 is 2.58 bits per heavy atom. The third-order valence-corrected chi connectivity index (χ3v) is 4.07. The number of nitro benzene ring substituents is 1. The molecule has 1 amide bonds. The lowest BCUT2D eigenvalue weighted by Gasteiger charge is -2.22. The van der Waals surface area contributed by atoms with E-state index in [1.165, 1.54) is 18.2 Å². The van der Waals surface area contributed by atoms with Gasteiger partial charge in [0.25, 0.3) is 5.69 Å². The maximum Gasteiger partial charge on any atom is 0.271 e. The molecule has 0 spiro atoms. The molecule has 2 aromatic rings. The summed E-state index contributed by atoms with van der Waals surface area (Å²) in [4.78, 5) is 22.7. The molecule has 0 saturated carbocycles. The van der Waals surface area contributed by atoms with Crippen LogP contribution in [0.25, 0.3) is 0 Å². The Kier molecular flexibility index (Phi) is 6.30. The van der Waals surface area contributed by atoms with E-state index < -0.39 is 11.0 Å². The van der Waals surface area contributed by atoms with Gasteiger partial charge >= 0.3 is 0 Å². The van der Waals surface area contributed by atoms with Crippen molar-refractivity contribution in [2.75, 3.05) is 12.4 Å². The molecule has 7 nitrogen and oxygen atoms in total. The van der Waals surface area contributed by atoms with Crippen LogP contribution in [0.3, 0.4) is 0 Å². The van der Waals surface area contributed by atoms with Crippen LogP contribution in [0.2, 0.25) is 0 Å². The Morgan fingerprint density at radius 1 is 1.19 bits per heavy atom. The van der Waals surface area contributed by atoms with E-state index in [0.29, 0.717) is 5.69 Å². The molecule has 0 aliphatic rings. The van der Waals surface area contributed by atoms with Gasteiger partial charge in [-0.2, -0.15) is 0 Å². The Labute approximate surface area is 152 Å². The van der Waals surface area contributed by atoms with Crippen LogP contribution >= 0.6 is 0 Å². The highest BCUT2D eigenvalue weighted by Gasteiger charge is 2.19. The molecule has 138 valence electrons. The number of rotatable bonds is 7. The summed E-state index contributed by atoms with van der Waals surface area (Å²) < 4.78 is 5.39. The van der Waals surface area contributed by atoms with E-state index in [0.717, 1.165) is 16.9 Å². The van der Waals surface area contributed by atoms with Crippen LogP contribution in [0, 0.1) is 17.0 Å². The molecule has 2 atom stereocenters. The van der Waals surface area contributed by atoms with Gasteiger partial charge in [0.2, 0.25) is 5.91 Å². The van der Waals surface area contributed by atoms with Crippen molar-refractivity contribution in [2.45, 2.75) is 32.9 Å². The van der Waals surface area contributed by atoms with Gasteiger partial charge in [-0.3, -0.25) is 20.2 Å². The molecule has 0 aliphatic carbocycles. The summed E-state index contributed by atoms with van der Waals surface area (Å²) in [5.74, 6) is 0.478. The molecule has 2 aromatic carbocycles. The normalized spacial score (nSPS) is 12.9. The lowest BCUT2D eigenvalue weighted by molar-refractivity contribution is -0.384. The van der Waals surface area contributed by atoms with Crippen LogP contribution in [0.15, 0.2) is 42.5 Å². The maximum atomic E-state index is 12.4. The molecular weight excluding hydrogens is 334 g/mol. The van der Waals surface area contributed by atoms with Gasteiger partial charge in [-0.05, 0) is 32.9 Å². The highest BCUT2D eigenvalue weighted by atomic mass is 16.6. The van der Waals surface area contributed by atoms with Gasteiger partial charge in [0.15, 0.2) is 0 Å². The molecule has 0 heterocycles. The van der Waals surface area contributed by atoms with E-state index in [1.807, 2.05) is 32.0 Å². The molecule has 7 heteroatoms. The van der Waals surface area contributed by atoms with Crippen molar-refractivity contribution in [2.24, 2.45) is 0 Å². The van der Waals surface area contributed by atoms with Gasteiger partial charge in [0.05, 0.1) is 18.1 Å². The first-order valence-electron chi connectivity index (χ1n) is 8.27. The van der Waals surface area contributed by atoms with E-state index >= 15 is 0 Å². The zero-order valence-electron chi connectivity index (χ0n) is 15.3. The fourth-order valence-corrected chi connectivity index (χ4v) is 2.68. The van der Waals surface area contributed by atoms with Crippen LogP contribution in [0.5, 0.6) is 5.75 Å². The number of anilines is 1. The van der Waals surface area contributed by atoms with Gasteiger partial charge < -0.3 is 10.1 Å². The number of non-ortho nitro benzene ring substituents is 1. The van der Waals surface area contributed by atoms with Crippen molar-refractivity contribution in [3.8, 4) is 5.75 Å². The van der Waals surface area contributed by atoms with Crippen LogP contribution in [0.4, 0.5) is 11.4 Å². The second-order valence-corrected chi connectivity index (χ2v) is 6.15. The minimum atomic E-state index is -0.505. The Morgan fingerprint density at radius 2 is 1.92 bits per heavy atom. The van der Waals surface area contributed by atoms with E-state index in [-0.39, 0.29) is 17.6 Å². The van der Waals surface area contributed by atoms with Gasteiger partial charge in [0, 0.05) is 29.4 Å². The van der Waals surface area contributed by atoms with Crippen LogP contribution in [-0.4, -0.2) is 24.0 Å². The lowest BCUT2D eigenvalue weighted by atomic mass is 10.0. The topological polar surface area (TPSA) is 93.5 Å². The predicted octanol–water partition coefficient (Wildman–Crippen LogP) is 3.59. The zero-order chi connectivity index (χ0) is 19.3. The molecule has 0 unspecified atom stereocenters. The summed E-state index contributed by atoms with van der Waals surface area (Å²) in [6, 6.07) is 11.1. The first-order chi connectivity index (χ1) is 12.3. The summed E-state index contributed by atoms with van der Waals surface area (Å²) in [5, 5.41) is 16.8. The van der Waals surface area contributed by atoms with Crippen molar-refractivity contribution in [3.05, 3.63) is 63.7 Å². The zero-order valence-corrected chi connectivity index (χ0v) is 15.3. The molecule has 26 heavy (non-hydrogen) atoms. The number of carbonyl (C=O) groups is 1. The Bertz CT molecular complexity index is 807. The average molecular weight is 357 g/mol. The first-order valence-corrected chi connectivity index (χ1v) is 8.27. The number of hydrogen-bond donors (Lipinski definition) is 2. The molecule has 0 aliphatic heterocycles. The van der Waals surface area contributed by atoms with Gasteiger partial charge in [0.1, 0.15) is 5.75 Å². The van der Waals surface area contributed by atoms with Crippen LogP contribution < -0.4 is 15.4 Å². The van der Waals surface area contributed by atoms with Crippen molar-refractivity contribution >= 4 is 17.3 Å². The summed E-state index contributed by atoms with van der Waals surface area (Å²) in [7, 11) is 1.61. The number of amides is 1. The summed E-state index contributed by atoms with van der Waals surface area (Å²) in [6.07, 6.45) is 0. The minimum Gasteiger partial charge on any atom is -0.496 e. The third kappa shape index (κ3) is 4.80. The molecule has 2 N–H and O–H groups in total. The van der Waals surface area contributed by atoms with E-state index in [1.54, 1.807) is 20.1 Å². The van der Waals surface area contributed by atoms with Crippen molar-refractivity contribution < 1.29 is 14.5 Å². The first kappa shape index (κ1) is 19.4. The number of hydrogen-bond acceptors (Lipinski definition) is 5. The number of nitro groups is 1. The molecule has 0 saturated heterocycles. The molecule has 0 radical (unpaired) electrons. The van der Waals surface area contributed by atoms with Crippen LogP contribution in [-0.2, 0) is 4.79 Å². The quantitative estimate of drug-likeness (QED) is 0.583. The second kappa shape index (κ2) is 8.44. The molecule has 2 rings (SSSR count).